The number of hydrogen-bond acceptors (Lipinski definition) is 6. The quantitative estimate of drug-likeness (QED) is 0.463. The molecule has 0 saturated carbocycles. The zero-order valence-electron chi connectivity index (χ0n) is 20.6. The van der Waals surface area contributed by atoms with Gasteiger partial charge in [-0.25, -0.2) is 18.7 Å². The molecule has 1 aromatic heterocycles. The van der Waals surface area contributed by atoms with E-state index in [4.69, 9.17) is 16.6 Å². The first-order valence-electron chi connectivity index (χ1n) is 11.8. The Kier molecular flexibility index (Phi) is 6.98. The third kappa shape index (κ3) is 4.60. The van der Waals surface area contributed by atoms with Gasteiger partial charge in [-0.15, -0.1) is 11.8 Å². The zero-order chi connectivity index (χ0) is 28.2. The van der Waals surface area contributed by atoms with Gasteiger partial charge in [0.15, 0.2) is 0 Å². The standard InChI is InChI=1S/C26H21ClF4N4O3S/c1-3-12-21-13(5-4-6-18(21)36)22(24-32-7-8-39-24)23(12)33-16-10-17(15(28)9-14(16)27)35-20(37)11-19(26(29,30)31)34(2)25(35)38/h4-6,9-11,24,32,36H,3,7-8H2,1-2H3. The molecule has 2 aromatic carbocycles. The van der Waals surface area contributed by atoms with Gasteiger partial charge in [-0.2, -0.15) is 13.2 Å². The molecule has 204 valence electrons. The maximum Gasteiger partial charge on any atom is 0.431 e. The Balaban J connectivity index is 1.76. The normalized spacial score (nSPS) is 18.3. The molecule has 1 saturated heterocycles. The summed E-state index contributed by atoms with van der Waals surface area (Å²) < 4.78 is 55.5. The maximum atomic E-state index is 15.1. The van der Waals surface area contributed by atoms with Crippen molar-refractivity contribution in [2.24, 2.45) is 12.0 Å². The number of phenolic OH excluding ortho intramolecular Hbond substituents is 1. The van der Waals surface area contributed by atoms with Crippen molar-refractivity contribution >= 4 is 45.9 Å². The first kappa shape index (κ1) is 27.2. The molecule has 2 N–H and O–H groups in total. The number of rotatable bonds is 4. The van der Waals surface area contributed by atoms with Crippen LogP contribution in [0.2, 0.25) is 5.02 Å². The van der Waals surface area contributed by atoms with Crippen molar-refractivity contribution < 1.29 is 22.7 Å². The summed E-state index contributed by atoms with van der Waals surface area (Å²) in [5, 5.41) is 15.2. The number of benzene rings is 2. The van der Waals surface area contributed by atoms with E-state index in [9.17, 15) is 27.9 Å². The number of aromatic hydroxyl groups is 1. The van der Waals surface area contributed by atoms with Crippen molar-refractivity contribution in [3.63, 3.8) is 0 Å². The lowest BCUT2D eigenvalue weighted by Gasteiger charge is -2.17. The van der Waals surface area contributed by atoms with E-state index in [0.717, 1.165) is 47.8 Å². The van der Waals surface area contributed by atoms with Crippen LogP contribution < -0.4 is 27.0 Å². The first-order valence-corrected chi connectivity index (χ1v) is 13.3. The lowest BCUT2D eigenvalue weighted by atomic mass is 10.0. The average molecular weight is 581 g/mol. The van der Waals surface area contributed by atoms with Crippen LogP contribution in [0.1, 0.15) is 19.0 Å². The van der Waals surface area contributed by atoms with Crippen LogP contribution in [0.3, 0.4) is 0 Å². The average Bonchev–Trinajstić information content (AvgIpc) is 3.49. The Morgan fingerprint density at radius 2 is 1.97 bits per heavy atom. The van der Waals surface area contributed by atoms with E-state index in [0.29, 0.717) is 21.9 Å². The molecule has 13 heteroatoms. The molecular formula is C26H21ClF4N4O3S. The molecule has 0 radical (unpaired) electrons. The molecule has 5 rings (SSSR count). The van der Waals surface area contributed by atoms with Crippen molar-refractivity contribution in [1.29, 1.82) is 0 Å². The van der Waals surface area contributed by atoms with Crippen molar-refractivity contribution in [3.05, 3.63) is 84.2 Å². The fourth-order valence-electron chi connectivity index (χ4n) is 4.86. The van der Waals surface area contributed by atoms with Crippen LogP contribution in [0.25, 0.3) is 16.8 Å². The van der Waals surface area contributed by atoms with Crippen molar-refractivity contribution in [3.8, 4) is 11.4 Å². The topological polar surface area (TPSA) is 88.6 Å². The monoisotopic (exact) mass is 580 g/mol. The highest BCUT2D eigenvalue weighted by molar-refractivity contribution is 8.00. The van der Waals surface area contributed by atoms with Gasteiger partial charge < -0.3 is 10.4 Å². The van der Waals surface area contributed by atoms with E-state index in [2.05, 4.69) is 5.32 Å². The van der Waals surface area contributed by atoms with Crippen LogP contribution in [0, 0.1) is 5.82 Å². The summed E-state index contributed by atoms with van der Waals surface area (Å²) in [7, 11) is 0.842. The van der Waals surface area contributed by atoms with Crippen molar-refractivity contribution in [1.82, 2.24) is 14.5 Å². The molecule has 1 atom stereocenters. The van der Waals surface area contributed by atoms with E-state index in [1.165, 1.54) is 0 Å². The minimum atomic E-state index is -4.96. The minimum Gasteiger partial charge on any atom is -0.507 e. The summed E-state index contributed by atoms with van der Waals surface area (Å²) in [6.07, 6.45) is -4.48. The molecule has 1 aliphatic carbocycles. The van der Waals surface area contributed by atoms with E-state index in [1.807, 2.05) is 13.0 Å². The second-order valence-corrected chi connectivity index (χ2v) is 10.5. The summed E-state index contributed by atoms with van der Waals surface area (Å²) in [6, 6.07) is 7.30. The number of nitrogens with one attached hydrogen (secondary N) is 1. The molecular weight excluding hydrogens is 560 g/mol. The van der Waals surface area contributed by atoms with Gasteiger partial charge in [0.25, 0.3) is 5.56 Å². The zero-order valence-corrected chi connectivity index (χ0v) is 22.1. The molecule has 39 heavy (non-hydrogen) atoms. The number of aromatic nitrogens is 2. The second-order valence-electron chi connectivity index (χ2n) is 8.91. The largest absolute Gasteiger partial charge is 0.507 e. The van der Waals surface area contributed by atoms with Crippen molar-refractivity contribution in [2.75, 3.05) is 12.3 Å². The van der Waals surface area contributed by atoms with Gasteiger partial charge in [0.1, 0.15) is 17.3 Å². The van der Waals surface area contributed by atoms with Gasteiger partial charge in [0.2, 0.25) is 0 Å². The highest BCUT2D eigenvalue weighted by atomic mass is 35.5. The third-order valence-electron chi connectivity index (χ3n) is 6.61. The third-order valence-corrected chi connectivity index (χ3v) is 8.09. The predicted octanol–water partition coefficient (Wildman–Crippen LogP) is 3.21. The van der Waals surface area contributed by atoms with Crippen LogP contribution in [0.15, 0.2) is 51.0 Å². The Labute approximate surface area is 227 Å². The smallest absolute Gasteiger partial charge is 0.431 e. The number of halogens is 5. The summed E-state index contributed by atoms with van der Waals surface area (Å²) in [6.45, 7) is 2.64. The Morgan fingerprint density at radius 1 is 1.23 bits per heavy atom. The Bertz CT molecular complexity index is 1790. The Hall–Kier alpha value is -3.35. The lowest BCUT2D eigenvalue weighted by molar-refractivity contribution is -0.144. The number of fused-ring (bicyclic) bond motifs is 1. The SMILES string of the molecule is CCC1=c2c(O)cccc2=C(C2NCCS2)C1=Nc1cc(-n2c(=O)cc(C(F)(F)F)n(C)c2=O)c(F)cc1Cl. The van der Waals surface area contributed by atoms with Gasteiger partial charge >= 0.3 is 11.9 Å². The number of nitrogens with zero attached hydrogens (tertiary/aromatic N) is 3. The van der Waals surface area contributed by atoms with Crippen LogP contribution in [-0.2, 0) is 13.2 Å². The van der Waals surface area contributed by atoms with Gasteiger partial charge in [-0.1, -0.05) is 30.7 Å². The van der Waals surface area contributed by atoms with Gasteiger partial charge in [0.05, 0.1) is 27.5 Å². The van der Waals surface area contributed by atoms with Crippen LogP contribution in [-0.4, -0.2) is 37.6 Å². The van der Waals surface area contributed by atoms with Gasteiger partial charge in [-0.05, 0) is 35.4 Å². The van der Waals surface area contributed by atoms with Crippen LogP contribution in [0.5, 0.6) is 5.75 Å². The fourth-order valence-corrected chi connectivity index (χ4v) is 6.17. The Morgan fingerprint density at radius 3 is 2.62 bits per heavy atom. The van der Waals surface area contributed by atoms with Crippen LogP contribution in [0.4, 0.5) is 23.2 Å². The van der Waals surface area contributed by atoms with E-state index < -0.39 is 34.6 Å². The van der Waals surface area contributed by atoms with E-state index >= 15 is 4.39 Å². The van der Waals surface area contributed by atoms with E-state index in [-0.39, 0.29) is 32.5 Å². The minimum absolute atomic E-state index is 0.00402. The predicted molar refractivity (Wildman–Crippen MR) is 143 cm³/mol. The highest BCUT2D eigenvalue weighted by Crippen LogP contribution is 2.35. The molecule has 1 fully saturated rings. The second kappa shape index (κ2) is 10.00. The van der Waals surface area contributed by atoms with Gasteiger partial charge in [-0.3, -0.25) is 9.36 Å². The molecule has 0 amide bonds. The molecule has 2 heterocycles. The molecule has 0 bridgehead atoms. The maximum absolute atomic E-state index is 15.1. The highest BCUT2D eigenvalue weighted by Gasteiger charge is 2.35. The van der Waals surface area contributed by atoms with Crippen molar-refractivity contribution in [2.45, 2.75) is 24.9 Å². The lowest BCUT2D eigenvalue weighted by Crippen LogP contribution is -2.41. The molecule has 2 aliphatic rings. The summed E-state index contributed by atoms with van der Waals surface area (Å²) >= 11 is 8.00. The molecule has 3 aromatic rings. The molecule has 7 nitrogen and oxygen atoms in total. The molecule has 1 aliphatic heterocycles. The molecule has 1 unspecified atom stereocenters. The van der Waals surface area contributed by atoms with Gasteiger partial charge in [0, 0.05) is 36.2 Å². The summed E-state index contributed by atoms with van der Waals surface area (Å²) in [5.74, 6) is -0.175. The fraction of sp³-hybridized carbons (Fsp3) is 0.269. The van der Waals surface area contributed by atoms with Crippen LogP contribution >= 0.6 is 23.4 Å². The summed E-state index contributed by atoms with van der Waals surface area (Å²) in [4.78, 5) is 30.2. The number of alkyl halides is 3. The number of aliphatic imine (C=N–C) groups is 1. The summed E-state index contributed by atoms with van der Waals surface area (Å²) in [5.41, 5.74) is -2.79. The number of thioether (sulfide) groups is 1. The number of phenols is 1. The molecule has 0 spiro atoms. The number of hydrogen-bond donors (Lipinski definition) is 2. The first-order chi connectivity index (χ1) is 18.4. The van der Waals surface area contributed by atoms with E-state index in [1.54, 1.807) is 23.9 Å².